The molecular formula is C12H21N5O2. The van der Waals surface area contributed by atoms with Crippen molar-refractivity contribution in [1.29, 1.82) is 0 Å². The van der Waals surface area contributed by atoms with Crippen LogP contribution in [0.3, 0.4) is 0 Å². The highest BCUT2D eigenvalue weighted by Gasteiger charge is 2.37. The third kappa shape index (κ3) is 3.23. The fourth-order valence-corrected chi connectivity index (χ4v) is 1.94. The predicted molar refractivity (Wildman–Crippen MR) is 72.1 cm³/mol. The molecule has 2 unspecified atom stereocenters. The van der Waals surface area contributed by atoms with E-state index in [4.69, 9.17) is 15.2 Å². The van der Waals surface area contributed by atoms with Crippen molar-refractivity contribution in [3.63, 3.8) is 0 Å². The van der Waals surface area contributed by atoms with Gasteiger partial charge in [-0.05, 0) is 26.7 Å². The third-order valence-electron chi connectivity index (χ3n) is 3.35. The van der Waals surface area contributed by atoms with Crippen molar-refractivity contribution in [2.75, 3.05) is 24.3 Å². The molecule has 106 valence electrons. The summed E-state index contributed by atoms with van der Waals surface area (Å²) in [7, 11) is 0. The Balaban J connectivity index is 2.13. The maximum atomic E-state index is 5.67. The lowest BCUT2D eigenvalue weighted by atomic mass is 9.95. The molecule has 0 bridgehead atoms. The summed E-state index contributed by atoms with van der Waals surface area (Å²) in [5.41, 5.74) is 5.47. The summed E-state index contributed by atoms with van der Waals surface area (Å²) in [6.07, 6.45) is 1.87. The van der Waals surface area contributed by atoms with Gasteiger partial charge in [0.05, 0.1) is 18.2 Å². The molecule has 1 aromatic rings. The summed E-state index contributed by atoms with van der Waals surface area (Å²) < 4.78 is 11.0. The highest BCUT2D eigenvalue weighted by molar-refractivity contribution is 5.36. The second-order valence-electron chi connectivity index (χ2n) is 4.95. The van der Waals surface area contributed by atoms with Gasteiger partial charge in [-0.1, -0.05) is 6.92 Å². The number of nitrogens with zero attached hydrogens (tertiary/aromatic N) is 3. The Morgan fingerprint density at radius 1 is 1.47 bits per heavy atom. The van der Waals surface area contributed by atoms with Gasteiger partial charge in [-0.2, -0.15) is 15.0 Å². The van der Waals surface area contributed by atoms with Gasteiger partial charge in [-0.3, -0.25) is 0 Å². The van der Waals surface area contributed by atoms with Gasteiger partial charge in [-0.25, -0.2) is 0 Å². The standard InChI is InChI=1S/C12H21N5O2/c1-4-6-19-11-15-9(13)14-10(16-11)17-12(3)5-7-18-8(12)2/h8H,4-7H2,1-3H3,(H3,13,14,15,16,17). The fourth-order valence-electron chi connectivity index (χ4n) is 1.94. The van der Waals surface area contributed by atoms with Gasteiger partial charge in [0, 0.05) is 6.61 Å². The molecular weight excluding hydrogens is 246 g/mol. The number of aromatic nitrogens is 3. The lowest BCUT2D eigenvalue weighted by Crippen LogP contribution is -2.41. The average Bonchev–Trinajstić information content (AvgIpc) is 2.66. The summed E-state index contributed by atoms with van der Waals surface area (Å²) >= 11 is 0. The zero-order valence-electron chi connectivity index (χ0n) is 11.6. The second-order valence-corrected chi connectivity index (χ2v) is 4.95. The largest absolute Gasteiger partial charge is 0.463 e. The van der Waals surface area contributed by atoms with Crippen molar-refractivity contribution < 1.29 is 9.47 Å². The summed E-state index contributed by atoms with van der Waals surface area (Å²) in [6, 6.07) is 0.256. The summed E-state index contributed by atoms with van der Waals surface area (Å²) in [5, 5.41) is 3.28. The van der Waals surface area contributed by atoms with Crippen LogP contribution in [0.25, 0.3) is 0 Å². The van der Waals surface area contributed by atoms with Crippen LogP contribution in [0.15, 0.2) is 0 Å². The minimum Gasteiger partial charge on any atom is -0.463 e. The number of ether oxygens (including phenoxy) is 2. The molecule has 0 radical (unpaired) electrons. The third-order valence-corrected chi connectivity index (χ3v) is 3.35. The number of hydrogen-bond donors (Lipinski definition) is 2. The van der Waals surface area contributed by atoms with Gasteiger partial charge < -0.3 is 20.5 Å². The van der Waals surface area contributed by atoms with Gasteiger partial charge >= 0.3 is 6.01 Å². The molecule has 0 saturated carbocycles. The van der Waals surface area contributed by atoms with E-state index >= 15 is 0 Å². The van der Waals surface area contributed by atoms with Crippen LogP contribution < -0.4 is 15.8 Å². The van der Waals surface area contributed by atoms with E-state index < -0.39 is 0 Å². The van der Waals surface area contributed by atoms with Crippen molar-refractivity contribution in [3.05, 3.63) is 0 Å². The van der Waals surface area contributed by atoms with Crippen LogP contribution in [-0.2, 0) is 4.74 Å². The Hall–Kier alpha value is -1.63. The van der Waals surface area contributed by atoms with Crippen LogP contribution in [0.4, 0.5) is 11.9 Å². The molecule has 2 atom stereocenters. The van der Waals surface area contributed by atoms with Crippen LogP contribution in [0, 0.1) is 0 Å². The van der Waals surface area contributed by atoms with E-state index in [2.05, 4.69) is 27.2 Å². The normalized spacial score (nSPS) is 26.4. The van der Waals surface area contributed by atoms with Crippen molar-refractivity contribution >= 4 is 11.9 Å². The maximum absolute atomic E-state index is 5.67. The smallest absolute Gasteiger partial charge is 0.323 e. The molecule has 2 heterocycles. The number of nitrogens with one attached hydrogen (secondary N) is 1. The van der Waals surface area contributed by atoms with Crippen LogP contribution in [-0.4, -0.2) is 39.8 Å². The fraction of sp³-hybridized carbons (Fsp3) is 0.750. The quantitative estimate of drug-likeness (QED) is 0.828. The van der Waals surface area contributed by atoms with Crippen molar-refractivity contribution in [2.24, 2.45) is 0 Å². The molecule has 1 saturated heterocycles. The Kier molecular flexibility index (Phi) is 4.04. The van der Waals surface area contributed by atoms with Crippen LogP contribution >= 0.6 is 0 Å². The van der Waals surface area contributed by atoms with Gasteiger partial charge in [0.2, 0.25) is 11.9 Å². The minimum atomic E-state index is -0.199. The summed E-state index contributed by atoms with van der Waals surface area (Å²) in [4.78, 5) is 12.3. The highest BCUT2D eigenvalue weighted by Crippen LogP contribution is 2.28. The predicted octanol–water partition coefficient (Wildman–Crippen LogP) is 1.22. The van der Waals surface area contributed by atoms with E-state index in [9.17, 15) is 0 Å². The minimum absolute atomic E-state index is 0.0884. The number of nitrogen functional groups attached to an aromatic ring is 1. The first-order valence-corrected chi connectivity index (χ1v) is 6.57. The topological polar surface area (TPSA) is 95.2 Å². The Morgan fingerprint density at radius 2 is 2.26 bits per heavy atom. The second kappa shape index (κ2) is 5.56. The Labute approximate surface area is 112 Å². The Bertz CT molecular complexity index is 442. The van der Waals surface area contributed by atoms with E-state index in [1.54, 1.807) is 0 Å². The van der Waals surface area contributed by atoms with Gasteiger partial charge in [0.1, 0.15) is 0 Å². The van der Waals surface area contributed by atoms with E-state index in [0.29, 0.717) is 12.6 Å². The molecule has 0 amide bonds. The molecule has 0 aromatic carbocycles. The van der Waals surface area contributed by atoms with Crippen molar-refractivity contribution in [1.82, 2.24) is 15.0 Å². The number of anilines is 2. The molecule has 1 aliphatic heterocycles. The first-order valence-electron chi connectivity index (χ1n) is 6.57. The molecule has 7 heteroatoms. The number of nitrogens with two attached hydrogens (primary N) is 1. The zero-order valence-corrected chi connectivity index (χ0v) is 11.6. The van der Waals surface area contributed by atoms with E-state index in [1.165, 1.54) is 0 Å². The number of rotatable bonds is 5. The first-order chi connectivity index (χ1) is 9.03. The van der Waals surface area contributed by atoms with Gasteiger partial charge in [-0.15, -0.1) is 0 Å². The van der Waals surface area contributed by atoms with E-state index in [1.807, 2.05) is 13.8 Å². The Morgan fingerprint density at radius 3 is 2.89 bits per heavy atom. The molecule has 1 aliphatic rings. The van der Waals surface area contributed by atoms with Crippen LogP contribution in [0.2, 0.25) is 0 Å². The molecule has 1 fully saturated rings. The van der Waals surface area contributed by atoms with Crippen LogP contribution in [0.5, 0.6) is 6.01 Å². The maximum Gasteiger partial charge on any atom is 0.323 e. The SMILES string of the molecule is CCCOc1nc(N)nc(NC2(C)CCOC2C)n1. The monoisotopic (exact) mass is 267 g/mol. The van der Waals surface area contributed by atoms with E-state index in [0.717, 1.165) is 19.4 Å². The molecule has 2 rings (SSSR count). The lowest BCUT2D eigenvalue weighted by molar-refractivity contribution is 0.105. The average molecular weight is 267 g/mol. The molecule has 1 aromatic heterocycles. The van der Waals surface area contributed by atoms with Gasteiger partial charge in [0.15, 0.2) is 0 Å². The molecule has 7 nitrogen and oxygen atoms in total. The molecule has 3 N–H and O–H groups in total. The summed E-state index contributed by atoms with van der Waals surface area (Å²) in [6.45, 7) is 7.41. The molecule has 0 spiro atoms. The molecule has 19 heavy (non-hydrogen) atoms. The van der Waals surface area contributed by atoms with Crippen molar-refractivity contribution in [2.45, 2.75) is 45.3 Å². The lowest BCUT2D eigenvalue weighted by Gasteiger charge is -2.28. The van der Waals surface area contributed by atoms with E-state index in [-0.39, 0.29) is 23.6 Å². The molecule has 0 aliphatic carbocycles. The van der Waals surface area contributed by atoms with Gasteiger partial charge in [0.25, 0.3) is 0 Å². The van der Waals surface area contributed by atoms with Crippen LogP contribution in [0.1, 0.15) is 33.6 Å². The number of hydrogen-bond acceptors (Lipinski definition) is 7. The summed E-state index contributed by atoms with van der Waals surface area (Å²) in [5.74, 6) is 0.581. The highest BCUT2D eigenvalue weighted by atomic mass is 16.5. The first kappa shape index (κ1) is 13.8. The van der Waals surface area contributed by atoms with Crippen molar-refractivity contribution in [3.8, 4) is 6.01 Å². The zero-order chi connectivity index (χ0) is 13.9.